The summed E-state index contributed by atoms with van der Waals surface area (Å²) < 4.78 is 3.73. The van der Waals surface area contributed by atoms with Crippen LogP contribution in [0.3, 0.4) is 0 Å². The maximum Gasteiger partial charge on any atom is 0.275 e. The minimum atomic E-state index is -0.239. The van der Waals surface area contributed by atoms with Gasteiger partial charge < -0.3 is 5.32 Å². The van der Waals surface area contributed by atoms with Crippen LogP contribution in [0.5, 0.6) is 0 Å². The third-order valence-electron chi connectivity index (χ3n) is 4.55. The monoisotopic (exact) mass is 400 g/mol. The molecule has 1 N–H and O–H groups in total. The number of anilines is 1. The molecule has 0 saturated heterocycles. The van der Waals surface area contributed by atoms with Gasteiger partial charge in [0.15, 0.2) is 0 Å². The smallest absolute Gasteiger partial charge is 0.275 e. The first-order valence-electron chi connectivity index (χ1n) is 8.96. The number of carbonyl (C=O) groups is 1. The van der Waals surface area contributed by atoms with E-state index in [1.54, 1.807) is 22.6 Å². The summed E-state index contributed by atoms with van der Waals surface area (Å²) in [6, 6.07) is 15.6. The summed E-state index contributed by atoms with van der Waals surface area (Å²) in [7, 11) is 1.85. The molecule has 3 aromatic heterocycles. The van der Waals surface area contributed by atoms with Crippen molar-refractivity contribution in [2.45, 2.75) is 0 Å². The standard InChI is InChI=1S/C21H16N6OS/c1-26-11-14(10-23-26)21-25-18(12-29-21)20(28)24-15-6-8-16(9-7-15)27-13-22-17-4-2-3-5-19(17)27/h2-13H,1H3,(H,24,28). The van der Waals surface area contributed by atoms with E-state index in [1.807, 2.05) is 66.3 Å². The first kappa shape index (κ1) is 17.3. The Morgan fingerprint density at radius 2 is 1.93 bits per heavy atom. The molecule has 0 aliphatic carbocycles. The lowest BCUT2D eigenvalue weighted by molar-refractivity contribution is 0.102. The number of nitrogens with zero attached hydrogens (tertiary/aromatic N) is 5. The quantitative estimate of drug-likeness (QED) is 0.492. The van der Waals surface area contributed by atoms with Crippen LogP contribution in [-0.2, 0) is 7.05 Å². The number of hydrogen-bond donors (Lipinski definition) is 1. The summed E-state index contributed by atoms with van der Waals surface area (Å²) in [6.07, 6.45) is 5.41. The van der Waals surface area contributed by atoms with E-state index in [2.05, 4.69) is 20.4 Å². The van der Waals surface area contributed by atoms with Gasteiger partial charge in [-0.2, -0.15) is 5.10 Å². The Bertz CT molecular complexity index is 1310. The van der Waals surface area contributed by atoms with Gasteiger partial charge >= 0.3 is 0 Å². The lowest BCUT2D eigenvalue weighted by Crippen LogP contribution is -2.12. The number of para-hydroxylation sites is 2. The molecule has 2 aromatic carbocycles. The molecule has 0 saturated carbocycles. The van der Waals surface area contributed by atoms with E-state index in [0.29, 0.717) is 11.4 Å². The lowest BCUT2D eigenvalue weighted by Gasteiger charge is -2.07. The van der Waals surface area contributed by atoms with E-state index in [0.717, 1.165) is 27.3 Å². The van der Waals surface area contributed by atoms with E-state index in [4.69, 9.17) is 0 Å². The molecule has 7 nitrogen and oxygen atoms in total. The van der Waals surface area contributed by atoms with Crippen molar-refractivity contribution in [1.82, 2.24) is 24.3 Å². The lowest BCUT2D eigenvalue weighted by atomic mass is 10.2. The van der Waals surface area contributed by atoms with Crippen molar-refractivity contribution in [3.05, 3.63) is 78.3 Å². The molecule has 5 aromatic rings. The SMILES string of the molecule is Cn1cc(-c2nc(C(=O)Nc3ccc(-n4cnc5ccccc54)cc3)cs2)cn1. The van der Waals surface area contributed by atoms with Gasteiger partial charge in [0, 0.05) is 35.6 Å². The van der Waals surface area contributed by atoms with Crippen LogP contribution in [0.4, 0.5) is 5.69 Å². The molecule has 0 radical (unpaired) electrons. The zero-order chi connectivity index (χ0) is 19.8. The van der Waals surface area contributed by atoms with Gasteiger partial charge in [0.05, 0.1) is 17.2 Å². The van der Waals surface area contributed by atoms with Gasteiger partial charge in [-0.05, 0) is 36.4 Å². The first-order chi connectivity index (χ1) is 14.2. The highest BCUT2D eigenvalue weighted by atomic mass is 32.1. The molecule has 3 heterocycles. The van der Waals surface area contributed by atoms with Gasteiger partial charge in [0.2, 0.25) is 0 Å². The van der Waals surface area contributed by atoms with Crippen LogP contribution in [0.25, 0.3) is 27.3 Å². The first-order valence-corrected chi connectivity index (χ1v) is 9.84. The van der Waals surface area contributed by atoms with Crippen LogP contribution in [0.1, 0.15) is 10.5 Å². The average Bonchev–Trinajstić information content (AvgIpc) is 3.47. The van der Waals surface area contributed by atoms with Crippen LogP contribution < -0.4 is 5.32 Å². The molecule has 0 aliphatic rings. The second-order valence-corrected chi connectivity index (χ2v) is 7.40. The number of carbonyl (C=O) groups excluding carboxylic acids is 1. The van der Waals surface area contributed by atoms with Gasteiger partial charge in [-0.15, -0.1) is 11.3 Å². The molecule has 29 heavy (non-hydrogen) atoms. The molecule has 0 bridgehead atoms. The molecule has 0 atom stereocenters. The number of benzene rings is 2. The van der Waals surface area contributed by atoms with Gasteiger partial charge in [-0.1, -0.05) is 12.1 Å². The van der Waals surface area contributed by atoms with E-state index >= 15 is 0 Å². The van der Waals surface area contributed by atoms with E-state index in [1.165, 1.54) is 11.3 Å². The molecule has 0 unspecified atom stereocenters. The zero-order valence-electron chi connectivity index (χ0n) is 15.5. The van der Waals surface area contributed by atoms with Crippen LogP contribution in [0.2, 0.25) is 0 Å². The summed E-state index contributed by atoms with van der Waals surface area (Å²) in [5.41, 5.74) is 4.95. The van der Waals surface area contributed by atoms with Crippen molar-refractivity contribution in [3.63, 3.8) is 0 Å². The van der Waals surface area contributed by atoms with Gasteiger partial charge in [0.1, 0.15) is 17.0 Å². The van der Waals surface area contributed by atoms with E-state index in [9.17, 15) is 4.79 Å². The van der Waals surface area contributed by atoms with Crippen LogP contribution in [0.15, 0.2) is 72.6 Å². The molecule has 1 amide bonds. The Hall–Kier alpha value is -3.78. The number of rotatable bonds is 4. The number of hydrogen-bond acceptors (Lipinski definition) is 5. The van der Waals surface area contributed by atoms with Crippen LogP contribution in [-0.4, -0.2) is 30.2 Å². The normalized spacial score (nSPS) is 11.1. The minimum absolute atomic E-state index is 0.239. The molecular formula is C21H16N6OS. The third-order valence-corrected chi connectivity index (χ3v) is 5.44. The fourth-order valence-corrected chi connectivity index (χ4v) is 3.88. The maximum absolute atomic E-state index is 12.5. The maximum atomic E-state index is 12.5. The second kappa shape index (κ2) is 6.99. The van der Waals surface area contributed by atoms with Crippen molar-refractivity contribution in [1.29, 1.82) is 0 Å². The number of aromatic nitrogens is 5. The summed E-state index contributed by atoms with van der Waals surface area (Å²) in [6.45, 7) is 0. The van der Waals surface area contributed by atoms with Gasteiger partial charge in [0.25, 0.3) is 5.91 Å². The second-order valence-electron chi connectivity index (χ2n) is 6.54. The number of fused-ring (bicyclic) bond motifs is 1. The predicted octanol–water partition coefficient (Wildman–Crippen LogP) is 4.13. The zero-order valence-corrected chi connectivity index (χ0v) is 16.3. The third kappa shape index (κ3) is 3.30. The largest absolute Gasteiger partial charge is 0.321 e. The fraction of sp³-hybridized carbons (Fsp3) is 0.0476. The molecule has 8 heteroatoms. The molecule has 0 aliphatic heterocycles. The highest BCUT2D eigenvalue weighted by Gasteiger charge is 2.13. The Labute approximate surface area is 170 Å². The van der Waals surface area contributed by atoms with Crippen molar-refractivity contribution in [2.75, 3.05) is 5.32 Å². The molecule has 142 valence electrons. The Balaban J connectivity index is 1.33. The minimum Gasteiger partial charge on any atom is -0.321 e. The Morgan fingerprint density at radius 1 is 1.10 bits per heavy atom. The summed E-state index contributed by atoms with van der Waals surface area (Å²) in [4.78, 5) is 21.4. The molecule has 0 spiro atoms. The van der Waals surface area contributed by atoms with Crippen LogP contribution in [0, 0.1) is 0 Å². The van der Waals surface area contributed by atoms with Gasteiger partial charge in [-0.25, -0.2) is 9.97 Å². The predicted molar refractivity (Wildman–Crippen MR) is 113 cm³/mol. The van der Waals surface area contributed by atoms with E-state index in [-0.39, 0.29) is 5.91 Å². The highest BCUT2D eigenvalue weighted by molar-refractivity contribution is 7.13. The molecule has 5 rings (SSSR count). The number of thiazole rings is 1. The summed E-state index contributed by atoms with van der Waals surface area (Å²) >= 11 is 1.42. The number of nitrogens with one attached hydrogen (secondary N) is 1. The van der Waals surface area contributed by atoms with Crippen molar-refractivity contribution in [2.24, 2.45) is 7.05 Å². The Kier molecular flexibility index (Phi) is 4.18. The number of imidazole rings is 1. The Morgan fingerprint density at radius 3 is 2.72 bits per heavy atom. The fourth-order valence-electron chi connectivity index (χ4n) is 3.11. The summed E-state index contributed by atoms with van der Waals surface area (Å²) in [5, 5.41) is 9.56. The molecular weight excluding hydrogens is 384 g/mol. The van der Waals surface area contributed by atoms with Crippen molar-refractivity contribution >= 4 is 34.0 Å². The van der Waals surface area contributed by atoms with Crippen LogP contribution >= 0.6 is 11.3 Å². The number of aryl methyl sites for hydroxylation is 1. The average molecular weight is 400 g/mol. The van der Waals surface area contributed by atoms with E-state index < -0.39 is 0 Å². The topological polar surface area (TPSA) is 77.6 Å². The molecule has 0 fully saturated rings. The summed E-state index contributed by atoms with van der Waals surface area (Å²) in [5.74, 6) is -0.239. The highest BCUT2D eigenvalue weighted by Crippen LogP contribution is 2.24. The number of amides is 1. The van der Waals surface area contributed by atoms with Crippen molar-refractivity contribution < 1.29 is 4.79 Å². The van der Waals surface area contributed by atoms with Gasteiger partial charge in [-0.3, -0.25) is 14.0 Å². The van der Waals surface area contributed by atoms with Crippen molar-refractivity contribution in [3.8, 4) is 16.3 Å².